The molecule has 0 aliphatic carbocycles. The van der Waals surface area contributed by atoms with Gasteiger partial charge in [0.15, 0.2) is 17.3 Å². The Bertz CT molecular complexity index is 568. The summed E-state index contributed by atoms with van der Waals surface area (Å²) >= 11 is 0. The van der Waals surface area contributed by atoms with E-state index in [1.807, 2.05) is 0 Å². The number of unbranched alkanes of at least 4 members (excludes halogenated alkanes) is 15. The minimum atomic E-state index is -0.622. The quantitative estimate of drug-likeness (QED) is 0.133. The highest BCUT2D eigenvalue weighted by atomic mass is 16.3. The summed E-state index contributed by atoms with van der Waals surface area (Å²) in [5.41, 5.74) is 0.0845. The zero-order valence-corrected chi connectivity index (χ0v) is 18.4. The van der Waals surface area contributed by atoms with Gasteiger partial charge < -0.3 is 15.3 Å². The van der Waals surface area contributed by atoms with E-state index in [9.17, 15) is 20.1 Å². The first-order valence-electron chi connectivity index (χ1n) is 11.8. The molecule has 0 unspecified atom stereocenters. The van der Waals surface area contributed by atoms with Crippen LogP contribution in [0, 0.1) is 0 Å². The van der Waals surface area contributed by atoms with E-state index in [4.69, 9.17) is 0 Å². The maximum Gasteiger partial charge on any atom is 0.201 e. The Balaban J connectivity index is 1.91. The molecule has 0 saturated heterocycles. The van der Waals surface area contributed by atoms with Crippen molar-refractivity contribution in [1.82, 2.24) is 0 Å². The first-order valence-corrected chi connectivity index (χ1v) is 11.8. The lowest BCUT2D eigenvalue weighted by Gasteiger charge is -2.07. The van der Waals surface area contributed by atoms with Gasteiger partial charge in [-0.1, -0.05) is 103 Å². The van der Waals surface area contributed by atoms with Gasteiger partial charge >= 0.3 is 0 Å². The normalized spacial score (nSPS) is 11.1. The van der Waals surface area contributed by atoms with Crippen LogP contribution in [0.5, 0.6) is 17.2 Å². The van der Waals surface area contributed by atoms with Crippen molar-refractivity contribution in [3.8, 4) is 17.2 Å². The number of aromatic hydroxyl groups is 3. The Kier molecular flexibility index (Phi) is 14.1. The van der Waals surface area contributed by atoms with Crippen LogP contribution in [-0.4, -0.2) is 21.1 Å². The molecule has 166 valence electrons. The molecule has 0 heterocycles. The zero-order chi connectivity index (χ0) is 21.3. The van der Waals surface area contributed by atoms with Crippen molar-refractivity contribution in [3.05, 3.63) is 17.7 Å². The molecule has 0 bridgehead atoms. The van der Waals surface area contributed by atoms with Crippen molar-refractivity contribution in [3.63, 3.8) is 0 Å². The molecule has 29 heavy (non-hydrogen) atoms. The van der Waals surface area contributed by atoms with Crippen molar-refractivity contribution >= 4 is 5.78 Å². The number of ketones is 1. The van der Waals surface area contributed by atoms with Crippen molar-refractivity contribution in [2.75, 3.05) is 0 Å². The van der Waals surface area contributed by atoms with Gasteiger partial charge in [-0.2, -0.15) is 0 Å². The summed E-state index contributed by atoms with van der Waals surface area (Å²) in [5.74, 6) is -1.75. The van der Waals surface area contributed by atoms with E-state index < -0.39 is 17.2 Å². The Morgan fingerprint density at radius 3 is 1.48 bits per heavy atom. The summed E-state index contributed by atoms with van der Waals surface area (Å²) in [5, 5.41) is 28.6. The van der Waals surface area contributed by atoms with Gasteiger partial charge in [0.2, 0.25) is 5.75 Å². The Labute approximate surface area is 177 Å². The van der Waals surface area contributed by atoms with Crippen LogP contribution in [0.15, 0.2) is 12.1 Å². The second-order valence-electron chi connectivity index (χ2n) is 8.31. The summed E-state index contributed by atoms with van der Waals surface area (Å²) in [6, 6.07) is 2.59. The summed E-state index contributed by atoms with van der Waals surface area (Å²) in [4.78, 5) is 12.1. The van der Waals surface area contributed by atoms with E-state index in [1.54, 1.807) is 0 Å². The Morgan fingerprint density at radius 2 is 1.03 bits per heavy atom. The number of hydrogen-bond acceptors (Lipinski definition) is 4. The second-order valence-corrected chi connectivity index (χ2v) is 8.31. The zero-order valence-electron chi connectivity index (χ0n) is 18.4. The predicted molar refractivity (Wildman–Crippen MR) is 120 cm³/mol. The third-order valence-electron chi connectivity index (χ3n) is 5.69. The second kappa shape index (κ2) is 16.1. The molecule has 0 atom stereocenters. The van der Waals surface area contributed by atoms with Gasteiger partial charge in [-0.15, -0.1) is 0 Å². The maximum atomic E-state index is 12.1. The van der Waals surface area contributed by atoms with Crippen LogP contribution in [0.3, 0.4) is 0 Å². The molecule has 0 fully saturated rings. The first-order chi connectivity index (χ1) is 14.1. The van der Waals surface area contributed by atoms with Crippen LogP contribution in [-0.2, 0) is 0 Å². The first kappa shape index (κ1) is 25.3. The van der Waals surface area contributed by atoms with E-state index in [2.05, 4.69) is 6.92 Å². The molecule has 0 radical (unpaired) electrons. The minimum Gasteiger partial charge on any atom is -0.504 e. The average Bonchev–Trinajstić information content (AvgIpc) is 2.71. The molecule has 0 amide bonds. The van der Waals surface area contributed by atoms with E-state index in [-0.39, 0.29) is 11.3 Å². The molecule has 0 aromatic heterocycles. The van der Waals surface area contributed by atoms with Crippen LogP contribution < -0.4 is 0 Å². The summed E-state index contributed by atoms with van der Waals surface area (Å²) < 4.78 is 0. The molecular weight excluding hydrogens is 364 g/mol. The molecule has 3 N–H and O–H groups in total. The highest BCUT2D eigenvalue weighted by Gasteiger charge is 2.16. The summed E-state index contributed by atoms with van der Waals surface area (Å²) in [6.07, 6.45) is 21.0. The molecule has 0 aliphatic rings. The topological polar surface area (TPSA) is 77.8 Å². The SMILES string of the molecule is CCCCCCCCCCCCCCCCCCC(=O)c1ccc(O)c(O)c1O. The Hall–Kier alpha value is -1.71. The number of benzene rings is 1. The lowest BCUT2D eigenvalue weighted by Crippen LogP contribution is -1.99. The molecule has 0 aliphatic heterocycles. The summed E-state index contributed by atoms with van der Waals surface area (Å²) in [7, 11) is 0. The highest BCUT2D eigenvalue weighted by Crippen LogP contribution is 2.37. The van der Waals surface area contributed by atoms with Crippen LogP contribution >= 0.6 is 0 Å². The number of hydrogen-bond donors (Lipinski definition) is 3. The number of Topliss-reactive ketones (excluding diaryl/α,β-unsaturated/α-hetero) is 1. The highest BCUT2D eigenvalue weighted by molar-refractivity contribution is 5.99. The number of phenols is 3. The van der Waals surface area contributed by atoms with Crippen LogP contribution in [0.2, 0.25) is 0 Å². The van der Waals surface area contributed by atoms with Gasteiger partial charge in [0, 0.05) is 6.42 Å². The minimum absolute atomic E-state index is 0.0845. The number of carbonyl (C=O) groups is 1. The molecule has 1 aromatic rings. The molecule has 0 spiro atoms. The van der Waals surface area contributed by atoms with Crippen molar-refractivity contribution in [2.45, 2.75) is 116 Å². The summed E-state index contributed by atoms with van der Waals surface area (Å²) in [6.45, 7) is 2.26. The Morgan fingerprint density at radius 1 is 0.621 bits per heavy atom. The lowest BCUT2D eigenvalue weighted by molar-refractivity contribution is 0.0975. The van der Waals surface area contributed by atoms with Gasteiger partial charge in [0.25, 0.3) is 0 Å². The van der Waals surface area contributed by atoms with Gasteiger partial charge in [0.1, 0.15) is 0 Å². The van der Waals surface area contributed by atoms with E-state index in [0.717, 1.165) is 19.3 Å². The van der Waals surface area contributed by atoms with Crippen molar-refractivity contribution in [2.24, 2.45) is 0 Å². The average molecular weight is 407 g/mol. The molecule has 4 heteroatoms. The fourth-order valence-electron chi connectivity index (χ4n) is 3.76. The number of phenolic OH excluding ortho intramolecular Hbond substituents is 3. The van der Waals surface area contributed by atoms with Gasteiger partial charge in [-0.05, 0) is 18.6 Å². The van der Waals surface area contributed by atoms with Gasteiger partial charge in [-0.3, -0.25) is 4.79 Å². The standard InChI is InChI=1S/C25H42O4/c1-2-3-4-5-6-7-8-9-10-11-12-13-14-15-16-17-18-22(26)21-19-20-23(27)25(29)24(21)28/h19-20,27-29H,2-18H2,1H3. The fourth-order valence-corrected chi connectivity index (χ4v) is 3.76. The molecule has 1 rings (SSSR count). The van der Waals surface area contributed by atoms with E-state index in [1.165, 1.54) is 95.6 Å². The van der Waals surface area contributed by atoms with Crippen LogP contribution in [0.4, 0.5) is 0 Å². The van der Waals surface area contributed by atoms with Gasteiger partial charge in [0.05, 0.1) is 5.56 Å². The fraction of sp³-hybridized carbons (Fsp3) is 0.720. The molecule has 0 saturated carbocycles. The van der Waals surface area contributed by atoms with E-state index in [0.29, 0.717) is 6.42 Å². The van der Waals surface area contributed by atoms with Crippen molar-refractivity contribution in [1.29, 1.82) is 0 Å². The molecule has 4 nitrogen and oxygen atoms in total. The van der Waals surface area contributed by atoms with E-state index >= 15 is 0 Å². The largest absolute Gasteiger partial charge is 0.504 e. The van der Waals surface area contributed by atoms with Crippen LogP contribution in [0.25, 0.3) is 0 Å². The third kappa shape index (κ3) is 11.2. The molecule has 1 aromatic carbocycles. The number of rotatable bonds is 18. The number of carbonyl (C=O) groups excluding carboxylic acids is 1. The smallest absolute Gasteiger partial charge is 0.201 e. The molecular formula is C25H42O4. The lowest BCUT2D eigenvalue weighted by atomic mass is 10.0. The van der Waals surface area contributed by atoms with Crippen LogP contribution in [0.1, 0.15) is 126 Å². The third-order valence-corrected chi connectivity index (χ3v) is 5.69. The predicted octanol–water partition coefficient (Wildman–Crippen LogP) is 7.64. The van der Waals surface area contributed by atoms with Gasteiger partial charge in [-0.25, -0.2) is 0 Å². The van der Waals surface area contributed by atoms with Crippen molar-refractivity contribution < 1.29 is 20.1 Å². The monoisotopic (exact) mass is 406 g/mol. The maximum absolute atomic E-state index is 12.1.